The molecule has 0 bridgehead atoms. The van der Waals surface area contributed by atoms with Crippen molar-refractivity contribution >= 4 is 5.97 Å². The Kier molecular flexibility index (Phi) is 4.40. The van der Waals surface area contributed by atoms with Crippen molar-refractivity contribution in [3.63, 3.8) is 0 Å². The molecule has 0 amide bonds. The van der Waals surface area contributed by atoms with E-state index in [2.05, 4.69) is 21.9 Å². The van der Waals surface area contributed by atoms with Gasteiger partial charge in [-0.2, -0.15) is 0 Å². The molecule has 3 atom stereocenters. The minimum Gasteiger partial charge on any atom is -0.469 e. The summed E-state index contributed by atoms with van der Waals surface area (Å²) in [4.78, 5) is 13.7. The third kappa shape index (κ3) is 2.80. The van der Waals surface area contributed by atoms with Crippen molar-refractivity contribution in [3.8, 4) is 0 Å². The largest absolute Gasteiger partial charge is 0.469 e. The monoisotopic (exact) mass is 240 g/mol. The Morgan fingerprint density at radius 3 is 3.00 bits per heavy atom. The fourth-order valence-electron chi connectivity index (χ4n) is 3.46. The van der Waals surface area contributed by atoms with E-state index in [-0.39, 0.29) is 5.97 Å². The number of hydrogen-bond donors (Lipinski definition) is 1. The fraction of sp³-hybridized carbons (Fsp3) is 0.923. The molecule has 1 N–H and O–H groups in total. The van der Waals surface area contributed by atoms with E-state index in [4.69, 9.17) is 0 Å². The predicted octanol–water partition coefficient (Wildman–Crippen LogP) is 0.869. The molecule has 0 spiro atoms. The Bertz CT molecular complexity index is 270. The van der Waals surface area contributed by atoms with Gasteiger partial charge in [0.2, 0.25) is 0 Å². The van der Waals surface area contributed by atoms with Crippen molar-refractivity contribution < 1.29 is 9.53 Å². The summed E-state index contributed by atoms with van der Waals surface area (Å²) in [6, 6.07) is 0.715. The Hall–Kier alpha value is -0.610. The average molecular weight is 240 g/mol. The minimum atomic E-state index is -0.0842. The number of methoxy groups -OCH3 is 1. The Balaban J connectivity index is 1.79. The van der Waals surface area contributed by atoms with E-state index >= 15 is 0 Å². The molecule has 2 aliphatic heterocycles. The van der Waals surface area contributed by atoms with Crippen molar-refractivity contribution in [2.75, 3.05) is 33.3 Å². The summed E-state index contributed by atoms with van der Waals surface area (Å²) in [7, 11) is 1.46. The van der Waals surface area contributed by atoms with Crippen LogP contribution in [0.4, 0.5) is 0 Å². The Morgan fingerprint density at radius 2 is 2.29 bits per heavy atom. The van der Waals surface area contributed by atoms with Crippen molar-refractivity contribution in [1.82, 2.24) is 10.2 Å². The zero-order valence-electron chi connectivity index (χ0n) is 10.9. The highest BCUT2D eigenvalue weighted by atomic mass is 16.5. The number of carbonyl (C=O) groups excluding carboxylic acids is 1. The van der Waals surface area contributed by atoms with Gasteiger partial charge in [0.25, 0.3) is 0 Å². The molecule has 2 rings (SSSR count). The Morgan fingerprint density at radius 1 is 1.47 bits per heavy atom. The molecule has 0 aliphatic carbocycles. The van der Waals surface area contributed by atoms with E-state index in [1.54, 1.807) is 0 Å². The summed E-state index contributed by atoms with van der Waals surface area (Å²) in [5, 5.41) is 3.49. The molecule has 0 radical (unpaired) electrons. The lowest BCUT2D eigenvalue weighted by atomic mass is 9.93. The first kappa shape index (κ1) is 12.8. The summed E-state index contributed by atoms with van der Waals surface area (Å²) in [5.74, 6) is 1.58. The van der Waals surface area contributed by atoms with Crippen LogP contribution in [0.1, 0.15) is 26.2 Å². The standard InChI is InChI=1S/C13H24N2O2/c1-3-12-11-8-14-7-10(11)9-15(12)6-4-5-13(16)17-2/h10-12,14H,3-9H2,1-2H3. The summed E-state index contributed by atoms with van der Waals surface area (Å²) < 4.78 is 4.68. The van der Waals surface area contributed by atoms with Crippen LogP contribution >= 0.6 is 0 Å². The molecule has 2 fully saturated rings. The van der Waals surface area contributed by atoms with Crippen LogP contribution < -0.4 is 5.32 Å². The molecule has 2 heterocycles. The number of nitrogens with zero attached hydrogens (tertiary/aromatic N) is 1. The molecule has 4 nitrogen and oxygen atoms in total. The lowest BCUT2D eigenvalue weighted by molar-refractivity contribution is -0.140. The molecule has 0 saturated carbocycles. The van der Waals surface area contributed by atoms with Crippen molar-refractivity contribution in [3.05, 3.63) is 0 Å². The summed E-state index contributed by atoms with van der Waals surface area (Å²) >= 11 is 0. The van der Waals surface area contributed by atoms with Gasteiger partial charge >= 0.3 is 5.97 Å². The number of fused-ring (bicyclic) bond motifs is 1. The summed E-state index contributed by atoms with van der Waals surface area (Å²) in [6.45, 7) is 6.88. The molecular weight excluding hydrogens is 216 g/mol. The second kappa shape index (κ2) is 5.83. The topological polar surface area (TPSA) is 41.6 Å². The molecule has 17 heavy (non-hydrogen) atoms. The van der Waals surface area contributed by atoms with Gasteiger partial charge in [-0.05, 0) is 44.3 Å². The van der Waals surface area contributed by atoms with Crippen LogP contribution in [0.25, 0.3) is 0 Å². The highest BCUT2D eigenvalue weighted by Crippen LogP contribution is 2.34. The number of rotatable bonds is 5. The number of nitrogens with one attached hydrogen (secondary N) is 1. The molecule has 3 unspecified atom stereocenters. The van der Waals surface area contributed by atoms with Gasteiger partial charge in [-0.15, -0.1) is 0 Å². The maximum absolute atomic E-state index is 11.1. The Labute approximate surface area is 104 Å². The van der Waals surface area contributed by atoms with Gasteiger partial charge in [-0.25, -0.2) is 0 Å². The van der Waals surface area contributed by atoms with Crippen LogP contribution in [0.3, 0.4) is 0 Å². The molecule has 2 aliphatic rings. The number of hydrogen-bond acceptors (Lipinski definition) is 4. The van der Waals surface area contributed by atoms with E-state index < -0.39 is 0 Å². The van der Waals surface area contributed by atoms with Crippen molar-refractivity contribution in [2.45, 2.75) is 32.2 Å². The number of esters is 1. The van der Waals surface area contributed by atoms with Crippen LogP contribution in [-0.4, -0.2) is 50.2 Å². The normalized spacial score (nSPS) is 32.7. The highest BCUT2D eigenvalue weighted by molar-refractivity contribution is 5.69. The molecule has 98 valence electrons. The first-order chi connectivity index (χ1) is 8.26. The predicted molar refractivity (Wildman–Crippen MR) is 66.8 cm³/mol. The van der Waals surface area contributed by atoms with E-state index in [1.807, 2.05) is 0 Å². The van der Waals surface area contributed by atoms with E-state index in [0.29, 0.717) is 12.5 Å². The molecule has 0 aromatic heterocycles. The van der Waals surface area contributed by atoms with Crippen LogP contribution in [0, 0.1) is 11.8 Å². The molecular formula is C13H24N2O2. The molecule has 0 aromatic rings. The smallest absolute Gasteiger partial charge is 0.305 e. The highest BCUT2D eigenvalue weighted by Gasteiger charge is 2.42. The summed E-state index contributed by atoms with van der Waals surface area (Å²) in [5.41, 5.74) is 0. The zero-order chi connectivity index (χ0) is 12.3. The van der Waals surface area contributed by atoms with Crippen LogP contribution in [0.5, 0.6) is 0 Å². The van der Waals surface area contributed by atoms with Gasteiger partial charge in [0, 0.05) is 19.0 Å². The van der Waals surface area contributed by atoms with Crippen LogP contribution in [0.15, 0.2) is 0 Å². The van der Waals surface area contributed by atoms with Gasteiger partial charge in [-0.1, -0.05) is 6.92 Å². The van der Waals surface area contributed by atoms with Crippen LogP contribution in [0.2, 0.25) is 0 Å². The fourth-order valence-corrected chi connectivity index (χ4v) is 3.46. The van der Waals surface area contributed by atoms with Gasteiger partial charge < -0.3 is 10.1 Å². The van der Waals surface area contributed by atoms with Crippen LogP contribution in [-0.2, 0) is 9.53 Å². The third-order valence-corrected chi connectivity index (χ3v) is 4.30. The quantitative estimate of drug-likeness (QED) is 0.724. The lowest BCUT2D eigenvalue weighted by Gasteiger charge is -2.26. The number of likely N-dealkylation sites (tertiary alicyclic amines) is 1. The van der Waals surface area contributed by atoms with Gasteiger partial charge in [0.1, 0.15) is 0 Å². The van der Waals surface area contributed by atoms with E-state index in [0.717, 1.165) is 24.8 Å². The second-order valence-electron chi connectivity index (χ2n) is 5.23. The maximum atomic E-state index is 11.1. The van der Waals surface area contributed by atoms with E-state index in [1.165, 1.54) is 33.2 Å². The second-order valence-corrected chi connectivity index (χ2v) is 5.23. The average Bonchev–Trinajstić information content (AvgIpc) is 2.88. The lowest BCUT2D eigenvalue weighted by Crippen LogP contribution is -2.35. The first-order valence-corrected chi connectivity index (χ1v) is 6.77. The minimum absolute atomic E-state index is 0.0842. The van der Waals surface area contributed by atoms with Crippen molar-refractivity contribution in [2.24, 2.45) is 11.8 Å². The zero-order valence-corrected chi connectivity index (χ0v) is 10.9. The molecule has 4 heteroatoms. The third-order valence-electron chi connectivity index (χ3n) is 4.30. The van der Waals surface area contributed by atoms with Gasteiger partial charge in [0.05, 0.1) is 7.11 Å². The van der Waals surface area contributed by atoms with Gasteiger partial charge in [-0.3, -0.25) is 9.69 Å². The first-order valence-electron chi connectivity index (χ1n) is 6.77. The molecule has 0 aromatic carbocycles. The molecule has 2 saturated heterocycles. The SMILES string of the molecule is CCC1C2CNCC2CN1CCCC(=O)OC. The number of ether oxygens (including phenoxy) is 1. The van der Waals surface area contributed by atoms with Gasteiger partial charge in [0.15, 0.2) is 0 Å². The number of carbonyl (C=O) groups is 1. The van der Waals surface area contributed by atoms with Crippen molar-refractivity contribution in [1.29, 1.82) is 0 Å². The summed E-state index contributed by atoms with van der Waals surface area (Å²) in [6.07, 6.45) is 2.70. The maximum Gasteiger partial charge on any atom is 0.305 e. The van der Waals surface area contributed by atoms with E-state index in [9.17, 15) is 4.79 Å².